The molecule has 174 valence electrons. The minimum absolute atomic E-state index is 0.206. The standard InChI is InChI=1S/C27H23N5O2S/c1-34-22-9-5-8-21(14-22)26-23(17-32(31-26)16-19-6-3-2-4-7-19)27(33)29-15-25-30-24(18-35-25)20-10-12-28-13-11-20/h2-14,17-18H,15-16H2,1H3,(H,29,33). The van der Waals surface area contributed by atoms with E-state index in [9.17, 15) is 4.79 Å². The molecule has 0 bridgehead atoms. The number of hydrogen-bond acceptors (Lipinski definition) is 6. The van der Waals surface area contributed by atoms with Gasteiger partial charge in [0.15, 0.2) is 0 Å². The van der Waals surface area contributed by atoms with E-state index < -0.39 is 0 Å². The number of nitrogens with one attached hydrogen (secondary N) is 1. The van der Waals surface area contributed by atoms with Gasteiger partial charge in [-0.1, -0.05) is 42.5 Å². The van der Waals surface area contributed by atoms with Crippen LogP contribution in [-0.4, -0.2) is 32.8 Å². The number of hydrogen-bond donors (Lipinski definition) is 1. The van der Waals surface area contributed by atoms with Crippen LogP contribution in [0.2, 0.25) is 0 Å². The van der Waals surface area contributed by atoms with Crippen LogP contribution < -0.4 is 10.1 Å². The smallest absolute Gasteiger partial charge is 0.255 e. The lowest BCUT2D eigenvalue weighted by molar-refractivity contribution is 0.0951. The summed E-state index contributed by atoms with van der Waals surface area (Å²) < 4.78 is 7.17. The third-order valence-electron chi connectivity index (χ3n) is 5.46. The van der Waals surface area contributed by atoms with Gasteiger partial charge in [-0.3, -0.25) is 14.5 Å². The molecule has 7 nitrogen and oxygen atoms in total. The molecular weight excluding hydrogens is 458 g/mol. The maximum Gasteiger partial charge on any atom is 0.255 e. The fraction of sp³-hybridized carbons (Fsp3) is 0.111. The molecule has 0 atom stereocenters. The van der Waals surface area contributed by atoms with Gasteiger partial charge >= 0.3 is 0 Å². The second-order valence-corrected chi connectivity index (χ2v) is 8.79. The topological polar surface area (TPSA) is 81.9 Å². The van der Waals surface area contributed by atoms with Gasteiger partial charge in [-0.05, 0) is 29.8 Å². The van der Waals surface area contributed by atoms with Gasteiger partial charge in [0.25, 0.3) is 5.91 Å². The Morgan fingerprint density at radius 1 is 1.03 bits per heavy atom. The molecule has 2 aromatic carbocycles. The van der Waals surface area contributed by atoms with Crippen LogP contribution in [0.1, 0.15) is 20.9 Å². The molecule has 0 radical (unpaired) electrons. The maximum atomic E-state index is 13.3. The Hall–Kier alpha value is -4.30. The Morgan fingerprint density at radius 2 is 1.86 bits per heavy atom. The molecule has 8 heteroatoms. The summed E-state index contributed by atoms with van der Waals surface area (Å²) in [5.74, 6) is 0.501. The van der Waals surface area contributed by atoms with Crippen molar-refractivity contribution in [2.24, 2.45) is 0 Å². The van der Waals surface area contributed by atoms with Crippen LogP contribution in [0.5, 0.6) is 5.75 Å². The van der Waals surface area contributed by atoms with Gasteiger partial charge in [0.05, 0.1) is 31.5 Å². The monoisotopic (exact) mass is 481 g/mol. The predicted molar refractivity (Wildman–Crippen MR) is 136 cm³/mol. The first-order valence-corrected chi connectivity index (χ1v) is 12.0. The molecule has 5 aromatic rings. The zero-order valence-corrected chi connectivity index (χ0v) is 19.9. The second-order valence-electron chi connectivity index (χ2n) is 7.85. The van der Waals surface area contributed by atoms with Crippen molar-refractivity contribution in [3.8, 4) is 28.3 Å². The lowest BCUT2D eigenvalue weighted by atomic mass is 10.1. The van der Waals surface area contributed by atoms with E-state index in [1.807, 2.05) is 72.1 Å². The molecule has 0 aliphatic carbocycles. The molecule has 0 saturated heterocycles. The van der Waals surface area contributed by atoms with E-state index in [1.165, 1.54) is 11.3 Å². The van der Waals surface area contributed by atoms with E-state index >= 15 is 0 Å². The molecule has 3 aromatic heterocycles. The lowest BCUT2D eigenvalue weighted by Gasteiger charge is -2.05. The summed E-state index contributed by atoms with van der Waals surface area (Å²) in [6.45, 7) is 0.892. The summed E-state index contributed by atoms with van der Waals surface area (Å²) in [4.78, 5) is 22.0. The third-order valence-corrected chi connectivity index (χ3v) is 6.31. The second kappa shape index (κ2) is 10.3. The normalized spacial score (nSPS) is 10.8. The van der Waals surface area contributed by atoms with Crippen LogP contribution in [0, 0.1) is 0 Å². The number of ether oxygens (including phenoxy) is 1. The number of methoxy groups -OCH3 is 1. The van der Waals surface area contributed by atoms with Crippen LogP contribution in [0.4, 0.5) is 0 Å². The van der Waals surface area contributed by atoms with Crippen molar-refractivity contribution in [3.63, 3.8) is 0 Å². The minimum Gasteiger partial charge on any atom is -0.497 e. The average molecular weight is 482 g/mol. The summed E-state index contributed by atoms with van der Waals surface area (Å²) in [6, 6.07) is 21.4. The van der Waals surface area contributed by atoms with Gasteiger partial charge in [-0.2, -0.15) is 5.10 Å². The fourth-order valence-electron chi connectivity index (χ4n) is 3.72. The highest BCUT2D eigenvalue weighted by Gasteiger charge is 2.19. The van der Waals surface area contributed by atoms with Crippen LogP contribution in [0.25, 0.3) is 22.5 Å². The van der Waals surface area contributed by atoms with E-state index in [-0.39, 0.29) is 5.91 Å². The summed E-state index contributed by atoms with van der Waals surface area (Å²) in [6.07, 6.45) is 5.27. The minimum atomic E-state index is -0.206. The Bertz CT molecular complexity index is 1430. The summed E-state index contributed by atoms with van der Waals surface area (Å²) >= 11 is 1.51. The van der Waals surface area contributed by atoms with Crippen molar-refractivity contribution < 1.29 is 9.53 Å². The quantitative estimate of drug-likeness (QED) is 0.335. The third kappa shape index (κ3) is 5.28. The Kier molecular flexibility index (Phi) is 6.63. The number of benzene rings is 2. The highest BCUT2D eigenvalue weighted by molar-refractivity contribution is 7.09. The predicted octanol–water partition coefficient (Wildman–Crippen LogP) is 5.06. The fourth-order valence-corrected chi connectivity index (χ4v) is 4.46. The van der Waals surface area contributed by atoms with Crippen molar-refractivity contribution >= 4 is 17.2 Å². The van der Waals surface area contributed by atoms with Gasteiger partial charge in [-0.25, -0.2) is 4.98 Å². The van der Waals surface area contributed by atoms with Crippen LogP contribution >= 0.6 is 11.3 Å². The number of pyridine rings is 1. The van der Waals surface area contributed by atoms with Crippen LogP contribution in [0.15, 0.2) is 90.7 Å². The number of carbonyl (C=O) groups is 1. The Labute approximate surface area is 207 Å². The van der Waals surface area contributed by atoms with E-state index in [4.69, 9.17) is 9.84 Å². The van der Waals surface area contributed by atoms with Crippen molar-refractivity contribution in [2.75, 3.05) is 7.11 Å². The lowest BCUT2D eigenvalue weighted by Crippen LogP contribution is -2.23. The number of rotatable bonds is 8. The SMILES string of the molecule is COc1cccc(-c2nn(Cc3ccccc3)cc2C(=O)NCc2nc(-c3ccncc3)cs2)c1. The largest absolute Gasteiger partial charge is 0.497 e. The number of nitrogens with zero attached hydrogens (tertiary/aromatic N) is 4. The molecule has 0 spiro atoms. The Morgan fingerprint density at radius 3 is 2.66 bits per heavy atom. The molecule has 0 saturated carbocycles. The molecule has 0 aliphatic rings. The van der Waals surface area contributed by atoms with E-state index in [0.29, 0.717) is 30.1 Å². The molecule has 1 N–H and O–H groups in total. The summed E-state index contributed by atoms with van der Waals surface area (Å²) in [5.41, 5.74) is 4.89. The first kappa shape index (κ1) is 22.5. The maximum absolute atomic E-state index is 13.3. The van der Waals surface area contributed by atoms with Gasteiger partial charge in [0.2, 0.25) is 0 Å². The summed E-state index contributed by atoms with van der Waals surface area (Å²) in [5, 5.41) is 10.6. The summed E-state index contributed by atoms with van der Waals surface area (Å²) in [7, 11) is 1.62. The van der Waals surface area contributed by atoms with E-state index in [1.54, 1.807) is 30.4 Å². The van der Waals surface area contributed by atoms with E-state index in [2.05, 4.69) is 15.3 Å². The number of amides is 1. The average Bonchev–Trinajstić information content (AvgIpc) is 3.56. The highest BCUT2D eigenvalue weighted by atomic mass is 32.1. The highest BCUT2D eigenvalue weighted by Crippen LogP contribution is 2.27. The first-order chi connectivity index (χ1) is 17.2. The van der Waals surface area contributed by atoms with Crippen molar-refractivity contribution in [1.82, 2.24) is 25.1 Å². The molecule has 3 heterocycles. The number of carbonyl (C=O) groups excluding carboxylic acids is 1. The van der Waals surface area contributed by atoms with Gasteiger partial charge in [-0.15, -0.1) is 11.3 Å². The molecule has 5 rings (SSSR count). The van der Waals surface area contributed by atoms with Gasteiger partial charge < -0.3 is 10.1 Å². The van der Waals surface area contributed by atoms with Gasteiger partial charge in [0, 0.05) is 35.1 Å². The van der Waals surface area contributed by atoms with Gasteiger partial charge in [0.1, 0.15) is 16.5 Å². The number of thiazole rings is 1. The first-order valence-electron chi connectivity index (χ1n) is 11.1. The van der Waals surface area contributed by atoms with Crippen LogP contribution in [0.3, 0.4) is 0 Å². The zero-order valence-electron chi connectivity index (χ0n) is 19.1. The Balaban J connectivity index is 1.39. The molecule has 1 amide bonds. The van der Waals surface area contributed by atoms with Crippen molar-refractivity contribution in [2.45, 2.75) is 13.1 Å². The molecule has 0 aliphatic heterocycles. The zero-order chi connectivity index (χ0) is 24.0. The molecule has 0 fully saturated rings. The van der Waals surface area contributed by atoms with E-state index in [0.717, 1.165) is 27.4 Å². The molecule has 35 heavy (non-hydrogen) atoms. The number of aromatic nitrogens is 4. The van der Waals surface area contributed by atoms with Crippen molar-refractivity contribution in [1.29, 1.82) is 0 Å². The van der Waals surface area contributed by atoms with Crippen molar-refractivity contribution in [3.05, 3.63) is 107 Å². The molecule has 0 unspecified atom stereocenters. The van der Waals surface area contributed by atoms with Crippen LogP contribution in [-0.2, 0) is 13.1 Å². The molecular formula is C27H23N5O2S.